The van der Waals surface area contributed by atoms with Crippen molar-refractivity contribution in [2.45, 2.75) is 0 Å². The summed E-state index contributed by atoms with van der Waals surface area (Å²) < 4.78 is 6.51. The minimum Gasteiger partial charge on any atom is -0.455 e. The van der Waals surface area contributed by atoms with Crippen molar-refractivity contribution in [1.82, 2.24) is 15.0 Å². The highest BCUT2D eigenvalue weighted by Crippen LogP contribution is 2.41. The molecule has 0 N–H and O–H groups in total. The molecular weight excluding hydrogens is 574 g/mol. The van der Waals surface area contributed by atoms with E-state index in [0.29, 0.717) is 5.82 Å². The maximum atomic E-state index is 6.51. The van der Waals surface area contributed by atoms with Crippen LogP contribution in [0.4, 0.5) is 0 Å². The van der Waals surface area contributed by atoms with Gasteiger partial charge in [-0.3, -0.25) is 0 Å². The number of rotatable bonds is 3. The van der Waals surface area contributed by atoms with Crippen LogP contribution < -0.4 is 0 Å². The number of nitrogens with zero attached hydrogens (tertiary/aromatic N) is 3. The molecule has 0 unspecified atom stereocenters. The molecule has 47 heavy (non-hydrogen) atoms. The summed E-state index contributed by atoms with van der Waals surface area (Å²) in [4.78, 5) is 15.4. The van der Waals surface area contributed by atoms with E-state index in [0.717, 1.165) is 82.6 Å². The summed E-state index contributed by atoms with van der Waals surface area (Å²) in [5, 5.41) is 8.85. The van der Waals surface area contributed by atoms with Crippen molar-refractivity contribution >= 4 is 65.3 Å². The second-order valence-corrected chi connectivity index (χ2v) is 12.0. The number of fused-ring (bicyclic) bond motifs is 9. The Balaban J connectivity index is 1.16. The van der Waals surface area contributed by atoms with Gasteiger partial charge in [0.05, 0.1) is 22.4 Å². The second kappa shape index (κ2) is 10.1. The van der Waals surface area contributed by atoms with Gasteiger partial charge in [-0.05, 0) is 35.0 Å². The lowest BCUT2D eigenvalue weighted by molar-refractivity contribution is 0.673. The molecule has 3 heterocycles. The van der Waals surface area contributed by atoms with Gasteiger partial charge in [0.15, 0.2) is 5.82 Å². The van der Waals surface area contributed by atoms with Crippen LogP contribution in [0.3, 0.4) is 0 Å². The molecule has 218 valence electrons. The van der Waals surface area contributed by atoms with Gasteiger partial charge in [0.25, 0.3) is 0 Å². The van der Waals surface area contributed by atoms with Crippen LogP contribution in [0.25, 0.3) is 99.2 Å². The van der Waals surface area contributed by atoms with Gasteiger partial charge < -0.3 is 4.42 Å². The van der Waals surface area contributed by atoms with Crippen LogP contribution in [0.15, 0.2) is 156 Å². The summed E-state index contributed by atoms with van der Waals surface area (Å²) in [5.41, 5.74) is 8.56. The molecule has 0 radical (unpaired) electrons. The number of pyridine rings is 1. The Morgan fingerprint density at radius 2 is 1.02 bits per heavy atom. The van der Waals surface area contributed by atoms with Crippen molar-refractivity contribution in [1.29, 1.82) is 0 Å². The molecule has 3 aromatic heterocycles. The Hall–Kier alpha value is -6.39. The van der Waals surface area contributed by atoms with Crippen LogP contribution in [0.5, 0.6) is 0 Å². The number of hydrogen-bond acceptors (Lipinski definition) is 4. The predicted molar refractivity (Wildman–Crippen MR) is 193 cm³/mol. The van der Waals surface area contributed by atoms with Gasteiger partial charge in [0.2, 0.25) is 0 Å². The molecule has 0 aliphatic carbocycles. The van der Waals surface area contributed by atoms with E-state index in [2.05, 4.69) is 127 Å². The molecule has 0 aliphatic heterocycles. The molecule has 0 spiro atoms. The molecule has 0 saturated carbocycles. The van der Waals surface area contributed by atoms with Crippen molar-refractivity contribution in [2.24, 2.45) is 0 Å². The highest BCUT2D eigenvalue weighted by Gasteiger charge is 2.18. The SMILES string of the molecule is c1ccc2c(-c3nc(-c4ccc(-c5nc6ccccc6c6c5ccc5c7ccccc7oc56)cc4)nc4ccccc34)cccc2c1. The molecule has 10 aromatic rings. The Kier molecular flexibility index (Phi) is 5.54. The molecule has 0 amide bonds. The Bertz CT molecular complexity index is 2850. The molecule has 7 aromatic carbocycles. The lowest BCUT2D eigenvalue weighted by Crippen LogP contribution is -1.96. The molecule has 0 atom stereocenters. The van der Waals surface area contributed by atoms with Crippen molar-refractivity contribution in [2.75, 3.05) is 0 Å². The third kappa shape index (κ3) is 3.98. The van der Waals surface area contributed by atoms with Gasteiger partial charge in [0, 0.05) is 49.0 Å². The lowest BCUT2D eigenvalue weighted by Gasteiger charge is -2.13. The molecule has 4 heteroatoms. The van der Waals surface area contributed by atoms with Crippen LogP contribution in [0.2, 0.25) is 0 Å². The lowest BCUT2D eigenvalue weighted by atomic mass is 9.97. The highest BCUT2D eigenvalue weighted by atomic mass is 16.3. The van der Waals surface area contributed by atoms with Crippen LogP contribution in [0.1, 0.15) is 0 Å². The molecule has 0 aliphatic rings. The van der Waals surface area contributed by atoms with E-state index >= 15 is 0 Å². The van der Waals surface area contributed by atoms with E-state index in [1.54, 1.807) is 0 Å². The fourth-order valence-electron chi connectivity index (χ4n) is 7.06. The van der Waals surface area contributed by atoms with Crippen LogP contribution in [-0.4, -0.2) is 15.0 Å². The number of aromatic nitrogens is 3. The van der Waals surface area contributed by atoms with E-state index < -0.39 is 0 Å². The first-order valence-electron chi connectivity index (χ1n) is 15.8. The first-order chi connectivity index (χ1) is 23.3. The van der Waals surface area contributed by atoms with Gasteiger partial charge in [0.1, 0.15) is 11.2 Å². The van der Waals surface area contributed by atoms with E-state index in [1.165, 1.54) is 10.8 Å². The van der Waals surface area contributed by atoms with Crippen LogP contribution in [-0.2, 0) is 0 Å². The predicted octanol–water partition coefficient (Wildman–Crippen LogP) is 11.4. The molecule has 4 nitrogen and oxygen atoms in total. The summed E-state index contributed by atoms with van der Waals surface area (Å²) in [6, 6.07) is 52.5. The standard InChI is InChI=1S/C43H25N3O/c1-2-12-29-26(10-1)11-9-16-31(29)41-34-15-4-7-18-37(34)45-43(46-41)28-22-20-27(21-23-28)40-35-25-24-32-30-13-5-8-19-38(30)47-42(32)39(35)33-14-3-6-17-36(33)44-40/h1-25H. The number of benzene rings is 7. The summed E-state index contributed by atoms with van der Waals surface area (Å²) in [6.07, 6.45) is 0. The molecular formula is C43H25N3O. The Labute approximate surface area is 269 Å². The van der Waals surface area contributed by atoms with Crippen molar-refractivity contribution in [3.05, 3.63) is 152 Å². The topological polar surface area (TPSA) is 51.8 Å². The maximum Gasteiger partial charge on any atom is 0.160 e. The highest BCUT2D eigenvalue weighted by molar-refractivity contribution is 6.24. The summed E-state index contributed by atoms with van der Waals surface area (Å²) in [5.74, 6) is 0.693. The average Bonchev–Trinajstić information content (AvgIpc) is 3.53. The fraction of sp³-hybridized carbons (Fsp3) is 0. The second-order valence-electron chi connectivity index (χ2n) is 12.0. The monoisotopic (exact) mass is 599 g/mol. The van der Waals surface area contributed by atoms with E-state index in [-0.39, 0.29) is 0 Å². The summed E-state index contributed by atoms with van der Waals surface area (Å²) >= 11 is 0. The van der Waals surface area contributed by atoms with E-state index in [1.807, 2.05) is 24.3 Å². The zero-order valence-electron chi connectivity index (χ0n) is 25.2. The number of hydrogen-bond donors (Lipinski definition) is 0. The van der Waals surface area contributed by atoms with E-state index in [9.17, 15) is 0 Å². The van der Waals surface area contributed by atoms with Gasteiger partial charge >= 0.3 is 0 Å². The van der Waals surface area contributed by atoms with Gasteiger partial charge in [-0.15, -0.1) is 0 Å². The minimum atomic E-state index is 0.693. The van der Waals surface area contributed by atoms with E-state index in [4.69, 9.17) is 19.4 Å². The first kappa shape index (κ1) is 25.9. The van der Waals surface area contributed by atoms with Crippen molar-refractivity contribution < 1.29 is 4.42 Å². The molecule has 10 rings (SSSR count). The van der Waals surface area contributed by atoms with Crippen molar-refractivity contribution in [3.8, 4) is 33.9 Å². The van der Waals surface area contributed by atoms with Gasteiger partial charge in [-0.1, -0.05) is 127 Å². The summed E-state index contributed by atoms with van der Waals surface area (Å²) in [6.45, 7) is 0. The van der Waals surface area contributed by atoms with Gasteiger partial charge in [-0.25, -0.2) is 15.0 Å². The van der Waals surface area contributed by atoms with Crippen LogP contribution in [0, 0.1) is 0 Å². The zero-order chi connectivity index (χ0) is 30.9. The molecule has 0 saturated heterocycles. The zero-order valence-corrected chi connectivity index (χ0v) is 25.2. The van der Waals surface area contributed by atoms with Crippen LogP contribution >= 0.6 is 0 Å². The first-order valence-corrected chi connectivity index (χ1v) is 15.8. The maximum absolute atomic E-state index is 6.51. The third-order valence-electron chi connectivity index (χ3n) is 9.27. The fourth-order valence-corrected chi connectivity index (χ4v) is 7.06. The molecule has 0 fully saturated rings. The largest absolute Gasteiger partial charge is 0.455 e. The Morgan fingerprint density at radius 1 is 0.383 bits per heavy atom. The normalized spacial score (nSPS) is 11.8. The quantitative estimate of drug-likeness (QED) is 0.190. The minimum absolute atomic E-state index is 0.693. The van der Waals surface area contributed by atoms with Gasteiger partial charge in [-0.2, -0.15) is 0 Å². The van der Waals surface area contributed by atoms with Crippen molar-refractivity contribution in [3.63, 3.8) is 0 Å². The summed E-state index contributed by atoms with van der Waals surface area (Å²) in [7, 11) is 0. The average molecular weight is 600 g/mol. The third-order valence-corrected chi connectivity index (χ3v) is 9.27. The Morgan fingerprint density at radius 3 is 1.87 bits per heavy atom. The smallest absolute Gasteiger partial charge is 0.160 e. The number of para-hydroxylation sites is 3. The number of furan rings is 1. The molecule has 0 bridgehead atoms.